The Labute approximate surface area is 434 Å². The zero-order valence-corrected chi connectivity index (χ0v) is 40.9. The number of hydrogen-bond donors (Lipinski definition) is 0. The summed E-state index contributed by atoms with van der Waals surface area (Å²) in [5.74, 6) is 0. The molecule has 13 aromatic carbocycles. The van der Waals surface area contributed by atoms with Gasteiger partial charge in [0.2, 0.25) is 0 Å². The van der Waals surface area contributed by atoms with E-state index in [1.165, 1.54) is 76.4 Å². The number of benzene rings is 13. The summed E-state index contributed by atoms with van der Waals surface area (Å²) in [7, 11) is 0. The molecule has 0 amide bonds. The van der Waals surface area contributed by atoms with E-state index in [0.29, 0.717) is 0 Å². The van der Waals surface area contributed by atoms with E-state index in [-0.39, 0.29) is 0 Å². The molecule has 2 heterocycles. The van der Waals surface area contributed by atoms with Gasteiger partial charge in [0.1, 0.15) is 11.2 Å². The van der Waals surface area contributed by atoms with Crippen molar-refractivity contribution in [1.82, 2.24) is 4.57 Å². The fourth-order valence-electron chi connectivity index (χ4n) is 11.8. The van der Waals surface area contributed by atoms with Gasteiger partial charge >= 0.3 is 0 Å². The first-order chi connectivity index (χ1) is 37.2. The molecule has 0 radical (unpaired) electrons. The van der Waals surface area contributed by atoms with Gasteiger partial charge in [-0.25, -0.2) is 0 Å². The normalized spacial score (nSPS) is 11.7. The number of hydrogen-bond acceptors (Lipinski definition) is 2. The molecular formula is C72H46N2O. The lowest BCUT2D eigenvalue weighted by Crippen LogP contribution is -2.10. The van der Waals surface area contributed by atoms with Gasteiger partial charge in [-0.3, -0.25) is 0 Å². The minimum atomic E-state index is 0.907. The van der Waals surface area contributed by atoms with Gasteiger partial charge in [0.25, 0.3) is 0 Å². The number of anilines is 3. The largest absolute Gasteiger partial charge is 0.456 e. The zero-order chi connectivity index (χ0) is 49.4. The average Bonchev–Trinajstić information content (AvgIpc) is 4.05. The second-order valence-corrected chi connectivity index (χ2v) is 19.6. The molecule has 15 rings (SSSR count). The standard InChI is InChI=1S/C72H46N2O/c1-2-17-61-59(15-1)60-16-3-4-18-62(60)67-46-57(43-44-63(61)67)73(55-41-37-50(38-42-55)48-31-33-52(34-32-48)58-22-12-26-71-72(58)66-21-7-10-25-70(66)75-71)54-39-35-49(36-40-54)47-27-29-51(30-28-47)53-13-11-14-56(45-53)74-68-23-8-5-19-64(68)65-20-6-9-24-69(65)74/h1-46H. The van der Waals surface area contributed by atoms with E-state index in [1.54, 1.807) is 0 Å². The molecule has 350 valence electrons. The van der Waals surface area contributed by atoms with Crippen molar-refractivity contribution in [2.45, 2.75) is 0 Å². The second kappa shape index (κ2) is 17.4. The number of aromatic nitrogens is 1. The van der Waals surface area contributed by atoms with Crippen molar-refractivity contribution >= 4 is 93.1 Å². The zero-order valence-electron chi connectivity index (χ0n) is 40.9. The van der Waals surface area contributed by atoms with Gasteiger partial charge in [-0.2, -0.15) is 0 Å². The highest BCUT2D eigenvalue weighted by Crippen LogP contribution is 2.43. The van der Waals surface area contributed by atoms with Gasteiger partial charge in [0.15, 0.2) is 0 Å². The minimum absolute atomic E-state index is 0.907. The third-order valence-electron chi connectivity index (χ3n) is 15.4. The molecule has 3 heteroatoms. The SMILES string of the molecule is c1cc(-c2ccc(-c3ccc(N(c4ccc(-c5ccc(-c6cccc7oc8ccccc8c67)cc5)cc4)c4ccc5c6ccccc6c6ccccc6c5c4)cc3)cc2)cc(-n2c3ccccc3c3ccccc32)c1. The highest BCUT2D eigenvalue weighted by molar-refractivity contribution is 6.26. The highest BCUT2D eigenvalue weighted by Gasteiger charge is 2.18. The Hall–Kier alpha value is -9.96. The van der Waals surface area contributed by atoms with E-state index in [0.717, 1.165) is 66.9 Å². The number of furan rings is 1. The Morgan fingerprint density at radius 2 is 0.667 bits per heavy atom. The van der Waals surface area contributed by atoms with E-state index < -0.39 is 0 Å². The van der Waals surface area contributed by atoms with Crippen molar-refractivity contribution in [2.24, 2.45) is 0 Å². The fourth-order valence-corrected chi connectivity index (χ4v) is 11.8. The van der Waals surface area contributed by atoms with Crippen molar-refractivity contribution in [3.05, 3.63) is 279 Å². The molecule has 0 aliphatic heterocycles. The van der Waals surface area contributed by atoms with Crippen LogP contribution in [-0.2, 0) is 0 Å². The molecule has 75 heavy (non-hydrogen) atoms. The number of para-hydroxylation sites is 3. The molecule has 0 bridgehead atoms. The van der Waals surface area contributed by atoms with Crippen LogP contribution >= 0.6 is 0 Å². The number of nitrogens with zero attached hydrogens (tertiary/aromatic N) is 2. The summed E-state index contributed by atoms with van der Waals surface area (Å²) in [6.45, 7) is 0. The van der Waals surface area contributed by atoms with Crippen LogP contribution in [0.1, 0.15) is 0 Å². The predicted molar refractivity (Wildman–Crippen MR) is 317 cm³/mol. The summed E-state index contributed by atoms with van der Waals surface area (Å²) < 4.78 is 8.61. The Kier molecular flexibility index (Phi) is 9.89. The van der Waals surface area contributed by atoms with Crippen molar-refractivity contribution in [2.75, 3.05) is 4.90 Å². The van der Waals surface area contributed by atoms with Crippen LogP contribution in [0.15, 0.2) is 283 Å². The highest BCUT2D eigenvalue weighted by atomic mass is 16.3. The molecule has 0 fully saturated rings. The summed E-state index contributed by atoms with van der Waals surface area (Å²) >= 11 is 0. The second-order valence-electron chi connectivity index (χ2n) is 19.6. The molecule has 0 spiro atoms. The molecule has 0 aliphatic rings. The van der Waals surface area contributed by atoms with E-state index in [2.05, 4.69) is 276 Å². The molecule has 0 N–H and O–H groups in total. The smallest absolute Gasteiger partial charge is 0.136 e. The third kappa shape index (κ3) is 7.12. The molecular weight excluding hydrogens is 909 g/mol. The maximum Gasteiger partial charge on any atom is 0.136 e. The lowest BCUT2D eigenvalue weighted by molar-refractivity contribution is 0.669. The van der Waals surface area contributed by atoms with Crippen molar-refractivity contribution in [3.8, 4) is 50.2 Å². The fraction of sp³-hybridized carbons (Fsp3) is 0. The monoisotopic (exact) mass is 954 g/mol. The Morgan fingerprint density at radius 3 is 1.24 bits per heavy atom. The lowest BCUT2D eigenvalue weighted by Gasteiger charge is -2.27. The van der Waals surface area contributed by atoms with Crippen LogP contribution in [0.3, 0.4) is 0 Å². The molecule has 2 aromatic heterocycles. The molecule has 0 aliphatic carbocycles. The van der Waals surface area contributed by atoms with Crippen LogP contribution < -0.4 is 4.90 Å². The molecule has 0 atom stereocenters. The minimum Gasteiger partial charge on any atom is -0.456 e. The van der Waals surface area contributed by atoms with Crippen LogP contribution in [0, 0.1) is 0 Å². The Morgan fingerprint density at radius 1 is 0.253 bits per heavy atom. The van der Waals surface area contributed by atoms with Gasteiger partial charge in [0.05, 0.1) is 11.0 Å². The maximum atomic E-state index is 6.23. The topological polar surface area (TPSA) is 21.3 Å². The quantitative estimate of drug-likeness (QED) is 0.142. The Balaban J connectivity index is 0.775. The van der Waals surface area contributed by atoms with Crippen molar-refractivity contribution in [3.63, 3.8) is 0 Å². The van der Waals surface area contributed by atoms with Crippen molar-refractivity contribution < 1.29 is 4.42 Å². The van der Waals surface area contributed by atoms with E-state index in [9.17, 15) is 0 Å². The van der Waals surface area contributed by atoms with Gasteiger partial charge in [-0.15, -0.1) is 0 Å². The van der Waals surface area contributed by atoms with Crippen molar-refractivity contribution in [1.29, 1.82) is 0 Å². The summed E-state index contributed by atoms with van der Waals surface area (Å²) in [4.78, 5) is 2.39. The first-order valence-corrected chi connectivity index (χ1v) is 25.7. The first kappa shape index (κ1) is 42.7. The van der Waals surface area contributed by atoms with E-state index in [1.807, 2.05) is 12.1 Å². The Bertz CT molecular complexity index is 4590. The molecule has 15 aromatic rings. The number of rotatable bonds is 8. The average molecular weight is 955 g/mol. The van der Waals surface area contributed by atoms with Gasteiger partial charge in [0, 0.05) is 44.3 Å². The molecule has 0 unspecified atom stereocenters. The predicted octanol–water partition coefficient (Wildman–Crippen LogP) is 20.3. The van der Waals surface area contributed by atoms with Gasteiger partial charge < -0.3 is 13.9 Å². The summed E-state index contributed by atoms with van der Waals surface area (Å²) in [5.41, 5.74) is 18.0. The van der Waals surface area contributed by atoms with Crippen LogP contribution in [0.5, 0.6) is 0 Å². The molecule has 0 saturated carbocycles. The van der Waals surface area contributed by atoms with E-state index >= 15 is 0 Å². The van der Waals surface area contributed by atoms with Crippen LogP contribution in [0.4, 0.5) is 17.1 Å². The summed E-state index contributed by atoms with van der Waals surface area (Å²) in [6, 6.07) is 101. The van der Waals surface area contributed by atoms with Crippen LogP contribution in [0.2, 0.25) is 0 Å². The summed E-state index contributed by atoms with van der Waals surface area (Å²) in [6.07, 6.45) is 0. The van der Waals surface area contributed by atoms with Gasteiger partial charge in [-0.1, -0.05) is 206 Å². The van der Waals surface area contributed by atoms with Gasteiger partial charge in [-0.05, 0) is 150 Å². The summed E-state index contributed by atoms with van der Waals surface area (Å²) in [5, 5.41) is 12.4. The van der Waals surface area contributed by atoms with E-state index in [4.69, 9.17) is 4.42 Å². The third-order valence-corrected chi connectivity index (χ3v) is 15.4. The number of fused-ring (bicyclic) bond motifs is 12. The lowest BCUT2D eigenvalue weighted by atomic mass is 9.94. The molecule has 0 saturated heterocycles. The maximum absolute atomic E-state index is 6.23. The van der Waals surface area contributed by atoms with Crippen LogP contribution in [-0.4, -0.2) is 4.57 Å². The van der Waals surface area contributed by atoms with Crippen LogP contribution in [0.25, 0.3) is 126 Å². The first-order valence-electron chi connectivity index (χ1n) is 25.7. The molecule has 3 nitrogen and oxygen atoms in total.